The summed E-state index contributed by atoms with van der Waals surface area (Å²) in [7, 11) is -1.98. The first-order valence-corrected chi connectivity index (χ1v) is 10.3. The minimum Gasteiger partial charge on any atom is -0.494 e. The Balaban J connectivity index is 1.69. The Hall–Kier alpha value is -3.01. The van der Waals surface area contributed by atoms with Crippen molar-refractivity contribution in [3.63, 3.8) is 0 Å². The molecular weight excluding hydrogens is 386 g/mol. The maximum atomic E-state index is 12.3. The van der Waals surface area contributed by atoms with E-state index in [1.165, 1.54) is 29.8 Å². The lowest BCUT2D eigenvalue weighted by molar-refractivity contribution is -0.136. The van der Waals surface area contributed by atoms with Crippen LogP contribution in [0.1, 0.15) is 18.6 Å². The molecule has 1 aliphatic heterocycles. The maximum Gasteiger partial charge on any atom is 0.313 e. The van der Waals surface area contributed by atoms with E-state index in [1.54, 1.807) is 18.2 Å². The number of methoxy groups -OCH3 is 1. The zero-order valence-electron chi connectivity index (χ0n) is 15.3. The van der Waals surface area contributed by atoms with Crippen LogP contribution in [0.15, 0.2) is 41.0 Å². The second kappa shape index (κ2) is 8.34. The van der Waals surface area contributed by atoms with Gasteiger partial charge in [-0.2, -0.15) is 0 Å². The highest BCUT2D eigenvalue weighted by Gasteiger charge is 2.28. The minimum atomic E-state index is -3.39. The molecule has 2 amide bonds. The predicted octanol–water partition coefficient (Wildman–Crippen LogP) is 1.47. The van der Waals surface area contributed by atoms with Gasteiger partial charge in [0.25, 0.3) is 0 Å². The van der Waals surface area contributed by atoms with E-state index >= 15 is 0 Å². The van der Waals surface area contributed by atoms with Crippen LogP contribution in [-0.2, 0) is 26.2 Å². The van der Waals surface area contributed by atoms with Crippen molar-refractivity contribution in [3.05, 3.63) is 42.4 Å². The quantitative estimate of drug-likeness (QED) is 0.725. The van der Waals surface area contributed by atoms with Crippen molar-refractivity contribution in [2.45, 2.75) is 19.4 Å². The van der Waals surface area contributed by atoms with Crippen molar-refractivity contribution < 1.29 is 27.2 Å². The molecular formula is C18H21N3O6S. The van der Waals surface area contributed by atoms with Crippen LogP contribution in [-0.4, -0.2) is 39.6 Å². The summed E-state index contributed by atoms with van der Waals surface area (Å²) >= 11 is 0. The van der Waals surface area contributed by atoms with Crippen LogP contribution in [0, 0.1) is 0 Å². The van der Waals surface area contributed by atoms with Crippen molar-refractivity contribution >= 4 is 33.2 Å². The molecule has 2 aromatic rings. The second-order valence-corrected chi connectivity index (χ2v) is 8.21. The molecule has 2 heterocycles. The van der Waals surface area contributed by atoms with E-state index in [0.717, 1.165) is 6.42 Å². The fourth-order valence-electron chi connectivity index (χ4n) is 2.87. The highest BCUT2D eigenvalue weighted by Crippen LogP contribution is 2.34. The lowest BCUT2D eigenvalue weighted by Crippen LogP contribution is -2.38. The molecule has 0 aliphatic carbocycles. The Bertz CT molecular complexity index is 956. The summed E-state index contributed by atoms with van der Waals surface area (Å²) in [5.74, 6) is -0.774. The van der Waals surface area contributed by atoms with Gasteiger partial charge in [-0.25, -0.2) is 8.42 Å². The molecule has 1 aromatic carbocycles. The smallest absolute Gasteiger partial charge is 0.313 e. The van der Waals surface area contributed by atoms with E-state index in [-0.39, 0.29) is 12.3 Å². The van der Waals surface area contributed by atoms with Gasteiger partial charge in [-0.3, -0.25) is 13.9 Å². The van der Waals surface area contributed by atoms with Crippen molar-refractivity contribution in [2.75, 3.05) is 29.0 Å². The third-order valence-corrected chi connectivity index (χ3v) is 6.12. The zero-order valence-corrected chi connectivity index (χ0v) is 16.1. The number of benzene rings is 1. The van der Waals surface area contributed by atoms with Crippen molar-refractivity contribution in [2.24, 2.45) is 0 Å². The average molecular weight is 407 g/mol. The SMILES string of the molecule is COc1cc(NC(=O)C(=O)NCc2ccco2)ccc1N1CCCCS1(=O)=O. The summed E-state index contributed by atoms with van der Waals surface area (Å²) in [6, 6.07) is 7.92. The Labute approximate surface area is 162 Å². The number of amides is 2. The summed E-state index contributed by atoms with van der Waals surface area (Å²) in [5, 5.41) is 4.91. The molecule has 3 rings (SSSR count). The number of nitrogens with one attached hydrogen (secondary N) is 2. The molecule has 0 atom stereocenters. The van der Waals surface area contributed by atoms with Crippen LogP contribution in [0.25, 0.3) is 0 Å². The Morgan fingerprint density at radius 1 is 1.21 bits per heavy atom. The number of sulfonamides is 1. The van der Waals surface area contributed by atoms with Gasteiger partial charge in [0.05, 0.1) is 31.4 Å². The number of ether oxygens (including phenoxy) is 1. The molecule has 0 radical (unpaired) electrons. The van der Waals surface area contributed by atoms with Gasteiger partial charge in [0, 0.05) is 18.3 Å². The Morgan fingerprint density at radius 3 is 2.71 bits per heavy atom. The van der Waals surface area contributed by atoms with Gasteiger partial charge in [-0.1, -0.05) is 0 Å². The molecule has 0 spiro atoms. The molecule has 150 valence electrons. The summed E-state index contributed by atoms with van der Waals surface area (Å²) in [4.78, 5) is 24.0. The molecule has 9 nitrogen and oxygen atoms in total. The predicted molar refractivity (Wildman–Crippen MR) is 103 cm³/mol. The van der Waals surface area contributed by atoms with Gasteiger partial charge in [-0.15, -0.1) is 0 Å². The first-order valence-electron chi connectivity index (χ1n) is 8.71. The van der Waals surface area contributed by atoms with E-state index in [1.807, 2.05) is 0 Å². The first kappa shape index (κ1) is 19.7. The van der Waals surface area contributed by atoms with Gasteiger partial charge < -0.3 is 19.8 Å². The highest BCUT2D eigenvalue weighted by molar-refractivity contribution is 7.92. The average Bonchev–Trinajstić information content (AvgIpc) is 3.19. The summed E-state index contributed by atoms with van der Waals surface area (Å²) in [6.45, 7) is 0.466. The fourth-order valence-corrected chi connectivity index (χ4v) is 4.52. The molecule has 0 unspecified atom stereocenters. The number of nitrogens with zero attached hydrogens (tertiary/aromatic N) is 1. The number of furan rings is 1. The largest absolute Gasteiger partial charge is 0.494 e. The molecule has 1 saturated heterocycles. The van der Waals surface area contributed by atoms with Crippen molar-refractivity contribution in [1.82, 2.24) is 5.32 Å². The van der Waals surface area contributed by atoms with Gasteiger partial charge in [-0.05, 0) is 37.1 Å². The van der Waals surface area contributed by atoms with Crippen LogP contribution >= 0.6 is 0 Å². The van der Waals surface area contributed by atoms with Crippen LogP contribution in [0.4, 0.5) is 11.4 Å². The van der Waals surface area contributed by atoms with Crippen LogP contribution in [0.3, 0.4) is 0 Å². The van der Waals surface area contributed by atoms with E-state index in [0.29, 0.717) is 35.9 Å². The summed E-state index contributed by atoms with van der Waals surface area (Å²) < 4.78 is 36.3. The van der Waals surface area contributed by atoms with E-state index in [2.05, 4.69) is 10.6 Å². The van der Waals surface area contributed by atoms with Crippen LogP contribution < -0.4 is 19.7 Å². The molecule has 1 aromatic heterocycles. The third-order valence-electron chi connectivity index (χ3n) is 4.27. The number of rotatable bonds is 5. The van der Waals surface area contributed by atoms with Gasteiger partial charge in [0.2, 0.25) is 10.0 Å². The lowest BCUT2D eigenvalue weighted by Gasteiger charge is -2.29. The molecule has 0 bridgehead atoms. The summed E-state index contributed by atoms with van der Waals surface area (Å²) in [6.07, 6.45) is 2.86. The summed E-state index contributed by atoms with van der Waals surface area (Å²) in [5.41, 5.74) is 0.718. The third kappa shape index (κ3) is 4.45. The topological polar surface area (TPSA) is 118 Å². The molecule has 2 N–H and O–H groups in total. The lowest BCUT2D eigenvalue weighted by atomic mass is 10.2. The molecule has 28 heavy (non-hydrogen) atoms. The minimum absolute atomic E-state index is 0.0878. The van der Waals surface area contributed by atoms with Gasteiger partial charge in [0.1, 0.15) is 11.5 Å². The second-order valence-electron chi connectivity index (χ2n) is 6.20. The van der Waals surface area contributed by atoms with E-state index in [4.69, 9.17) is 9.15 Å². The number of carbonyl (C=O) groups is 2. The fraction of sp³-hybridized carbons (Fsp3) is 0.333. The van der Waals surface area contributed by atoms with E-state index in [9.17, 15) is 18.0 Å². The van der Waals surface area contributed by atoms with Crippen molar-refractivity contribution in [1.29, 1.82) is 0 Å². The van der Waals surface area contributed by atoms with Gasteiger partial charge >= 0.3 is 11.8 Å². The zero-order chi connectivity index (χ0) is 20.1. The number of carbonyl (C=O) groups excluding carboxylic acids is 2. The van der Waals surface area contributed by atoms with Crippen molar-refractivity contribution in [3.8, 4) is 5.75 Å². The van der Waals surface area contributed by atoms with Crippen LogP contribution in [0.2, 0.25) is 0 Å². The number of anilines is 2. The highest BCUT2D eigenvalue weighted by atomic mass is 32.2. The standard InChI is InChI=1S/C18H21N3O6S/c1-26-16-11-13(6-7-15(16)21-8-2-3-10-28(21,24)25)20-18(23)17(22)19-12-14-5-4-9-27-14/h4-7,9,11H,2-3,8,10,12H2,1H3,(H,19,22)(H,20,23). The monoisotopic (exact) mass is 407 g/mol. The normalized spacial score (nSPS) is 15.7. The van der Waals surface area contributed by atoms with Gasteiger partial charge in [0.15, 0.2) is 0 Å². The first-order chi connectivity index (χ1) is 13.4. The number of hydrogen-bond donors (Lipinski definition) is 2. The number of hydrogen-bond acceptors (Lipinski definition) is 6. The molecule has 10 heteroatoms. The Kier molecular flexibility index (Phi) is 5.88. The Morgan fingerprint density at radius 2 is 2.04 bits per heavy atom. The maximum absolute atomic E-state index is 12.3. The van der Waals surface area contributed by atoms with E-state index < -0.39 is 21.8 Å². The molecule has 1 aliphatic rings. The molecule has 0 saturated carbocycles. The molecule has 1 fully saturated rings. The van der Waals surface area contributed by atoms with Crippen LogP contribution in [0.5, 0.6) is 5.75 Å².